The van der Waals surface area contributed by atoms with Crippen molar-refractivity contribution in [2.24, 2.45) is 7.05 Å². The van der Waals surface area contributed by atoms with E-state index in [2.05, 4.69) is 6.58 Å². The van der Waals surface area contributed by atoms with Gasteiger partial charge in [0.15, 0.2) is 0 Å². The number of allylic oxidation sites excluding steroid dienone is 4. The predicted octanol–water partition coefficient (Wildman–Crippen LogP) is 7.37. The predicted molar refractivity (Wildman–Crippen MR) is 151 cm³/mol. The molecule has 0 unspecified atom stereocenters. The summed E-state index contributed by atoms with van der Waals surface area (Å²) < 4.78 is 2.04. The van der Waals surface area contributed by atoms with Gasteiger partial charge in [-0.2, -0.15) is 0 Å². The van der Waals surface area contributed by atoms with Crippen LogP contribution >= 0.6 is 0 Å². The van der Waals surface area contributed by atoms with Gasteiger partial charge in [0.2, 0.25) is 5.78 Å². The van der Waals surface area contributed by atoms with Gasteiger partial charge in [-0.15, -0.1) is 0 Å². The number of carbonyl (C=O) groups is 1. The second-order valence-electron chi connectivity index (χ2n) is 10.2. The van der Waals surface area contributed by atoms with Gasteiger partial charge in [0.25, 0.3) is 5.69 Å². The van der Waals surface area contributed by atoms with E-state index in [1.54, 1.807) is 18.2 Å². The van der Waals surface area contributed by atoms with Crippen molar-refractivity contribution in [3.63, 3.8) is 0 Å². The zero-order valence-corrected chi connectivity index (χ0v) is 21.8. The molecule has 5 rings (SSSR count). The normalized spacial score (nSPS) is 14.7. The highest BCUT2D eigenvalue weighted by Crippen LogP contribution is 2.46. The third kappa shape index (κ3) is 3.77. The van der Waals surface area contributed by atoms with Crippen LogP contribution in [0.2, 0.25) is 0 Å². The van der Waals surface area contributed by atoms with Crippen LogP contribution in [0.4, 0.5) is 5.69 Å². The van der Waals surface area contributed by atoms with Gasteiger partial charge in [0, 0.05) is 41.1 Å². The molecule has 4 aromatic rings. The van der Waals surface area contributed by atoms with Crippen molar-refractivity contribution in [3.05, 3.63) is 129 Å². The number of nitro groups is 1. The number of fused-ring (bicyclic) bond motifs is 1. The van der Waals surface area contributed by atoms with Crippen molar-refractivity contribution in [1.29, 1.82) is 0 Å². The molecule has 6 nitrogen and oxygen atoms in total. The van der Waals surface area contributed by atoms with Crippen LogP contribution in [0.3, 0.4) is 0 Å². The number of aromatic nitrogens is 1. The fourth-order valence-corrected chi connectivity index (χ4v) is 5.29. The van der Waals surface area contributed by atoms with Gasteiger partial charge in [-0.05, 0) is 41.3 Å². The Morgan fingerprint density at radius 1 is 1.05 bits per heavy atom. The second kappa shape index (κ2) is 8.99. The molecule has 0 bridgehead atoms. The fourth-order valence-electron chi connectivity index (χ4n) is 5.29. The number of hydrogen-bond donors (Lipinski definition) is 1. The number of aliphatic hydroxyl groups excluding tert-OH is 1. The largest absolute Gasteiger partial charge is 0.506 e. The maximum absolute atomic E-state index is 13.6. The number of para-hydroxylation sites is 1. The van der Waals surface area contributed by atoms with E-state index in [9.17, 15) is 20.0 Å². The Bertz CT molecular complexity index is 1720. The molecule has 1 N–H and O–H groups in total. The molecule has 38 heavy (non-hydrogen) atoms. The molecule has 0 saturated carbocycles. The number of rotatable bonds is 6. The lowest BCUT2D eigenvalue weighted by Gasteiger charge is -2.30. The van der Waals surface area contributed by atoms with Crippen molar-refractivity contribution in [1.82, 2.24) is 4.57 Å². The first-order valence-electron chi connectivity index (χ1n) is 12.3. The number of nitro benzene ring substituents is 1. The zero-order valence-electron chi connectivity index (χ0n) is 21.8. The van der Waals surface area contributed by atoms with Crippen molar-refractivity contribution >= 4 is 27.9 Å². The zero-order chi connectivity index (χ0) is 27.4. The lowest BCUT2D eigenvalue weighted by Crippen LogP contribution is -2.25. The van der Waals surface area contributed by atoms with Gasteiger partial charge in [-0.3, -0.25) is 14.9 Å². The van der Waals surface area contributed by atoms with Crippen molar-refractivity contribution in [2.75, 3.05) is 0 Å². The summed E-state index contributed by atoms with van der Waals surface area (Å²) in [6.45, 7) is 9.88. The first-order chi connectivity index (χ1) is 18.0. The summed E-state index contributed by atoms with van der Waals surface area (Å²) in [4.78, 5) is 24.5. The number of Topliss-reactive ketones (excluding diaryl/α,β-unsaturated/α-hetero) is 1. The summed E-state index contributed by atoms with van der Waals surface area (Å²) >= 11 is 0. The van der Waals surface area contributed by atoms with Crippen LogP contribution in [0.5, 0.6) is 0 Å². The Hall–Kier alpha value is -4.71. The summed E-state index contributed by atoms with van der Waals surface area (Å²) in [5.74, 6) is -0.333. The van der Waals surface area contributed by atoms with Gasteiger partial charge in [-0.1, -0.05) is 75.0 Å². The van der Waals surface area contributed by atoms with E-state index in [1.807, 2.05) is 87.0 Å². The Kier molecular flexibility index (Phi) is 5.91. The van der Waals surface area contributed by atoms with E-state index in [0.717, 1.165) is 33.3 Å². The minimum atomic E-state index is -0.714. The maximum atomic E-state index is 13.6. The average molecular weight is 505 g/mol. The molecular weight excluding hydrogens is 476 g/mol. The quantitative estimate of drug-likeness (QED) is 0.169. The van der Waals surface area contributed by atoms with E-state index < -0.39 is 10.3 Å². The highest BCUT2D eigenvalue weighted by atomic mass is 16.6. The molecular formula is C32H28N2O4. The van der Waals surface area contributed by atoms with Crippen LogP contribution in [-0.4, -0.2) is 20.4 Å². The molecule has 0 saturated heterocycles. The summed E-state index contributed by atoms with van der Waals surface area (Å²) in [7, 11) is 1.96. The van der Waals surface area contributed by atoms with E-state index in [4.69, 9.17) is 0 Å². The Balaban J connectivity index is 1.62. The second-order valence-corrected chi connectivity index (χ2v) is 10.2. The van der Waals surface area contributed by atoms with E-state index >= 15 is 0 Å². The molecule has 0 aliphatic heterocycles. The molecule has 1 aliphatic carbocycles. The lowest BCUT2D eigenvalue weighted by molar-refractivity contribution is -0.385. The molecule has 1 heterocycles. The number of ketones is 1. The summed E-state index contributed by atoms with van der Waals surface area (Å²) in [6, 6.07) is 22.4. The highest BCUT2D eigenvalue weighted by molar-refractivity contribution is 6.41. The standard InChI is InChI=1S/C32H28N2O4/c1-19-15-16-22(34(37)38)18-25(19)32(3,4)20(2)17-24-30(35)28(31(24)36)27-23-13-9-10-14-26(23)33(5)29(27)21-11-7-6-8-12-21/h6-18,35H,2H2,1,3-5H3/b24-17-. The molecule has 0 amide bonds. The van der Waals surface area contributed by atoms with Crippen LogP contribution in [0.1, 0.15) is 30.5 Å². The number of aliphatic hydroxyl groups is 1. The molecule has 3 aromatic carbocycles. The van der Waals surface area contributed by atoms with Gasteiger partial charge in [-0.25, -0.2) is 0 Å². The molecule has 190 valence electrons. The molecule has 0 atom stereocenters. The molecule has 0 spiro atoms. The number of benzene rings is 3. The van der Waals surface area contributed by atoms with Crippen LogP contribution in [0.15, 0.2) is 102 Å². The molecule has 0 fully saturated rings. The van der Waals surface area contributed by atoms with E-state index in [-0.39, 0.29) is 28.4 Å². The van der Waals surface area contributed by atoms with Gasteiger partial charge in [0.1, 0.15) is 5.76 Å². The number of aryl methyl sites for hydroxylation is 2. The van der Waals surface area contributed by atoms with Crippen molar-refractivity contribution < 1.29 is 14.8 Å². The minimum Gasteiger partial charge on any atom is -0.506 e. The fraction of sp³-hybridized carbons (Fsp3) is 0.156. The topological polar surface area (TPSA) is 85.4 Å². The smallest absolute Gasteiger partial charge is 0.269 e. The molecule has 1 aromatic heterocycles. The van der Waals surface area contributed by atoms with Gasteiger partial charge >= 0.3 is 0 Å². The first kappa shape index (κ1) is 25.0. The number of hydrogen-bond acceptors (Lipinski definition) is 4. The van der Waals surface area contributed by atoms with Crippen molar-refractivity contribution in [3.8, 4) is 11.3 Å². The molecule has 1 aliphatic rings. The van der Waals surface area contributed by atoms with Crippen LogP contribution in [0, 0.1) is 17.0 Å². The molecule has 0 radical (unpaired) electrons. The lowest BCUT2D eigenvalue weighted by atomic mass is 9.73. The number of carbonyl (C=O) groups excluding carboxylic acids is 1. The average Bonchev–Trinajstić information content (AvgIpc) is 3.19. The number of non-ortho nitro benzene ring substituents is 1. The summed E-state index contributed by atoms with van der Waals surface area (Å²) in [5, 5.41) is 23.5. The summed E-state index contributed by atoms with van der Waals surface area (Å²) in [6.07, 6.45) is 1.60. The first-order valence-corrected chi connectivity index (χ1v) is 12.3. The van der Waals surface area contributed by atoms with E-state index in [1.165, 1.54) is 6.07 Å². The highest BCUT2D eigenvalue weighted by Gasteiger charge is 2.39. The monoisotopic (exact) mass is 504 g/mol. The van der Waals surface area contributed by atoms with E-state index in [0.29, 0.717) is 11.1 Å². The van der Waals surface area contributed by atoms with Crippen molar-refractivity contribution in [2.45, 2.75) is 26.2 Å². The third-order valence-corrected chi connectivity index (χ3v) is 7.59. The Labute approximate surface area is 221 Å². The third-order valence-electron chi connectivity index (χ3n) is 7.59. The van der Waals surface area contributed by atoms with Crippen LogP contribution < -0.4 is 0 Å². The van der Waals surface area contributed by atoms with Gasteiger partial charge < -0.3 is 9.67 Å². The number of nitrogens with zero attached hydrogens (tertiary/aromatic N) is 2. The summed E-state index contributed by atoms with van der Waals surface area (Å²) in [5.41, 5.74) is 5.39. The Morgan fingerprint density at radius 3 is 2.37 bits per heavy atom. The van der Waals surface area contributed by atoms with Crippen LogP contribution in [-0.2, 0) is 17.3 Å². The minimum absolute atomic E-state index is 0.00623. The van der Waals surface area contributed by atoms with Crippen LogP contribution in [0.25, 0.3) is 27.7 Å². The van der Waals surface area contributed by atoms with Gasteiger partial charge in [0.05, 0.1) is 21.8 Å². The SMILES string of the molecule is C=C(/C=C1\C(=O)C(c2c(-c3ccccc3)n(C)c3ccccc23)=C1O)C(C)(C)c1cc([N+](=O)[O-])ccc1C. The molecule has 6 heteroatoms. The Morgan fingerprint density at radius 2 is 1.71 bits per heavy atom. The maximum Gasteiger partial charge on any atom is 0.269 e.